The van der Waals surface area contributed by atoms with Crippen LogP contribution in [0, 0.1) is 10.8 Å². The number of hydrogen-bond donors (Lipinski definition) is 0. The summed E-state index contributed by atoms with van der Waals surface area (Å²) in [6, 6.07) is 25.4. The Hall–Kier alpha value is -4.94. The Kier molecular flexibility index (Phi) is 6.04. The normalized spacial score (nSPS) is 25.8. The third kappa shape index (κ3) is 3.70. The number of rotatable bonds is 3. The quantitative estimate of drug-likeness (QED) is 0.279. The lowest BCUT2D eigenvalue weighted by Crippen LogP contribution is -2.29. The van der Waals surface area contributed by atoms with Gasteiger partial charge in [0.15, 0.2) is 0 Å². The molecule has 3 aromatic carbocycles. The van der Waals surface area contributed by atoms with Crippen LogP contribution in [0.4, 0.5) is 0 Å². The number of fused-ring (bicyclic) bond motifs is 2. The highest BCUT2D eigenvalue weighted by Crippen LogP contribution is 2.83. The fourth-order valence-corrected chi connectivity index (χ4v) is 9.43. The molecular weight excluding hydrogens is 565 g/mol. The van der Waals surface area contributed by atoms with Gasteiger partial charge in [-0.3, -0.25) is 0 Å². The minimum Gasteiger partial charge on any atom is -0.0804 e. The summed E-state index contributed by atoms with van der Waals surface area (Å²) in [4.78, 5) is 0. The van der Waals surface area contributed by atoms with Gasteiger partial charge in [0.2, 0.25) is 0 Å². The molecule has 228 valence electrons. The summed E-state index contributed by atoms with van der Waals surface area (Å²) in [5, 5.41) is 0. The van der Waals surface area contributed by atoms with Crippen LogP contribution in [-0.2, 0) is 5.41 Å². The molecule has 0 bridgehead atoms. The largest absolute Gasteiger partial charge is 0.0804 e. The predicted octanol–water partition coefficient (Wildman–Crippen LogP) is 12.2. The van der Waals surface area contributed by atoms with Crippen LogP contribution < -0.4 is 0 Å². The molecule has 0 nitrogen and oxygen atoms in total. The van der Waals surface area contributed by atoms with E-state index in [9.17, 15) is 0 Å². The first-order chi connectivity index (χ1) is 23.0. The third-order valence-corrected chi connectivity index (χ3v) is 11.7. The Bertz CT molecular complexity index is 2220. The molecule has 10 rings (SSSR count). The average molecular weight is 605 g/mol. The molecule has 0 aromatic heterocycles. The number of hydrogen-bond acceptors (Lipinski definition) is 0. The van der Waals surface area contributed by atoms with Gasteiger partial charge in [-0.15, -0.1) is 0 Å². The first-order valence-corrected chi connectivity index (χ1v) is 17.4. The molecule has 1 fully saturated rings. The second kappa shape index (κ2) is 10.0. The van der Waals surface area contributed by atoms with Gasteiger partial charge >= 0.3 is 0 Å². The van der Waals surface area contributed by atoms with E-state index < -0.39 is 0 Å². The van der Waals surface area contributed by atoms with Crippen LogP contribution in [0.3, 0.4) is 0 Å². The molecule has 2 spiro atoms. The summed E-state index contributed by atoms with van der Waals surface area (Å²) in [6.45, 7) is 8.74. The number of benzene rings is 3. The molecule has 0 heteroatoms. The zero-order valence-electron chi connectivity index (χ0n) is 27.8. The Morgan fingerprint density at radius 3 is 1.98 bits per heavy atom. The third-order valence-electron chi connectivity index (χ3n) is 11.7. The molecule has 7 aliphatic rings. The lowest BCUT2D eigenvalue weighted by molar-refractivity contribution is 0.568. The van der Waals surface area contributed by atoms with Gasteiger partial charge < -0.3 is 0 Å². The average Bonchev–Trinajstić information content (AvgIpc) is 3.84. The van der Waals surface area contributed by atoms with E-state index in [1.165, 1.54) is 84.4 Å². The van der Waals surface area contributed by atoms with Crippen LogP contribution in [0.25, 0.3) is 33.4 Å². The van der Waals surface area contributed by atoms with Gasteiger partial charge in [-0.25, -0.2) is 0 Å². The summed E-state index contributed by atoms with van der Waals surface area (Å²) in [7, 11) is 0. The lowest BCUT2D eigenvalue weighted by Gasteiger charge is -2.41. The minimum absolute atomic E-state index is 0.0132. The van der Waals surface area contributed by atoms with E-state index >= 15 is 0 Å². The van der Waals surface area contributed by atoms with E-state index in [4.69, 9.17) is 0 Å². The molecule has 0 amide bonds. The van der Waals surface area contributed by atoms with Gasteiger partial charge in [-0.2, -0.15) is 0 Å². The lowest BCUT2D eigenvalue weighted by atomic mass is 9.62. The molecule has 0 N–H and O–H groups in total. The van der Waals surface area contributed by atoms with E-state index in [1.807, 2.05) is 13.8 Å². The molecule has 2 unspecified atom stereocenters. The highest BCUT2D eigenvalue weighted by molar-refractivity contribution is 5.94. The minimum atomic E-state index is -0.0132. The Morgan fingerprint density at radius 2 is 1.21 bits per heavy atom. The van der Waals surface area contributed by atoms with E-state index in [0.29, 0.717) is 0 Å². The highest BCUT2D eigenvalue weighted by atomic mass is 14.8. The molecular formula is C47H40. The summed E-state index contributed by atoms with van der Waals surface area (Å²) in [5.74, 6) is 0. The standard InChI is InChI=1S/C45H34.C2H6/c1-43(2)40-18-5-3-4-17-37(40)38-23-20-32(26-42(38)43)30-11-6-10-29(24-30)31-12-7-13-33(25-31)39-27-36-16-8-14-34-21-22-35-15-9-19-41(39)45(35)28-44(34,36)45;1-2/h4-27H,3,28H2,1-2H3;1-2H3. The molecule has 3 aromatic rings. The van der Waals surface area contributed by atoms with Gasteiger partial charge in [0.25, 0.3) is 0 Å². The van der Waals surface area contributed by atoms with Crippen molar-refractivity contribution in [3.8, 4) is 22.3 Å². The first kappa shape index (κ1) is 28.3. The van der Waals surface area contributed by atoms with Gasteiger partial charge in [-0.05, 0) is 115 Å². The van der Waals surface area contributed by atoms with E-state index in [0.717, 1.165) is 6.42 Å². The molecule has 7 aliphatic carbocycles. The van der Waals surface area contributed by atoms with E-state index in [-0.39, 0.29) is 16.2 Å². The topological polar surface area (TPSA) is 0 Å². The number of allylic oxidation sites excluding steroid dienone is 20. The van der Waals surface area contributed by atoms with Crippen molar-refractivity contribution in [3.63, 3.8) is 0 Å². The van der Waals surface area contributed by atoms with Gasteiger partial charge in [-0.1, -0.05) is 149 Å². The Balaban J connectivity index is 0.00000149. The van der Waals surface area contributed by atoms with Crippen molar-refractivity contribution < 1.29 is 0 Å². The zero-order chi connectivity index (χ0) is 32.0. The van der Waals surface area contributed by atoms with Crippen LogP contribution in [0.1, 0.15) is 57.2 Å². The Labute approximate surface area is 279 Å². The highest BCUT2D eigenvalue weighted by Gasteiger charge is 2.75. The van der Waals surface area contributed by atoms with Crippen LogP contribution in [0.15, 0.2) is 174 Å². The van der Waals surface area contributed by atoms with Gasteiger partial charge in [0, 0.05) is 16.2 Å². The van der Waals surface area contributed by atoms with Crippen molar-refractivity contribution in [3.05, 3.63) is 190 Å². The molecule has 0 aliphatic heterocycles. The molecule has 2 atom stereocenters. The predicted molar refractivity (Wildman–Crippen MR) is 200 cm³/mol. The van der Waals surface area contributed by atoms with Crippen molar-refractivity contribution in [2.45, 2.75) is 46.0 Å². The van der Waals surface area contributed by atoms with Gasteiger partial charge in [0.05, 0.1) is 0 Å². The van der Waals surface area contributed by atoms with Crippen LogP contribution in [0.5, 0.6) is 0 Å². The summed E-state index contributed by atoms with van der Waals surface area (Å²) in [6.07, 6.45) is 32.5. The van der Waals surface area contributed by atoms with Gasteiger partial charge in [0.1, 0.15) is 0 Å². The maximum atomic E-state index is 2.48. The monoisotopic (exact) mass is 604 g/mol. The molecule has 1 saturated carbocycles. The molecule has 47 heavy (non-hydrogen) atoms. The smallest absolute Gasteiger partial charge is 0.0358 e. The first-order valence-electron chi connectivity index (χ1n) is 17.4. The second-order valence-corrected chi connectivity index (χ2v) is 14.1. The maximum Gasteiger partial charge on any atom is 0.0358 e. The summed E-state index contributed by atoms with van der Waals surface area (Å²) < 4.78 is 0. The van der Waals surface area contributed by atoms with Crippen molar-refractivity contribution in [2.24, 2.45) is 10.8 Å². The summed E-state index contributed by atoms with van der Waals surface area (Å²) >= 11 is 0. The van der Waals surface area contributed by atoms with E-state index in [1.54, 1.807) is 0 Å². The van der Waals surface area contributed by atoms with E-state index in [2.05, 4.69) is 160 Å². The second-order valence-electron chi connectivity index (χ2n) is 14.1. The van der Waals surface area contributed by atoms with Crippen LogP contribution >= 0.6 is 0 Å². The maximum absolute atomic E-state index is 2.48. The molecule has 0 radical (unpaired) electrons. The van der Waals surface area contributed by atoms with Crippen LogP contribution in [-0.4, -0.2) is 0 Å². The Morgan fingerprint density at radius 1 is 0.574 bits per heavy atom. The van der Waals surface area contributed by atoms with Crippen molar-refractivity contribution in [1.82, 2.24) is 0 Å². The molecule has 0 saturated heterocycles. The SMILES string of the molecule is CC.CC1(C)C2=C(C=CCC=C2)c2ccc(-c3cccc(-c4cccc(C5=CC6=CC=CC7=CC=C8C=CC=C5C85CC765)c4)c3)cc21. The fourth-order valence-electron chi connectivity index (χ4n) is 9.43. The van der Waals surface area contributed by atoms with Crippen molar-refractivity contribution in [2.75, 3.05) is 0 Å². The van der Waals surface area contributed by atoms with Crippen molar-refractivity contribution >= 4 is 11.1 Å². The zero-order valence-corrected chi connectivity index (χ0v) is 27.8. The summed E-state index contributed by atoms with van der Waals surface area (Å²) in [5.41, 5.74) is 19.4. The van der Waals surface area contributed by atoms with Crippen LogP contribution in [0.2, 0.25) is 0 Å². The molecule has 0 heterocycles. The fraction of sp³-hybridized carbons (Fsp3) is 0.191. The van der Waals surface area contributed by atoms with Crippen molar-refractivity contribution in [1.29, 1.82) is 0 Å².